The standard InChI is InChI=1S/C55H85NO17/c1-13-31(2)50-34(5)19-20-54(73-50)27-41-24-40(72-54)18-17-33(4)49(70-46-26-44(63-12)51(36(7)68-46)71-45-25-43(62-11)47(35(6)67-45)56(9)37(8)57)32(3)15-14-16-39-29-66-52-48(58)38(28-65-30-64-22-21-61-10)23-42(53(59)69-41)55(39,52)60/h14-17,19-20,23,31-32,34-36,40-52,58,60H,13,18,21-22,24-30H2,1-12H3/b15-14+,33-17+,39-16+/t31-,32-,34-,35-,36-,40+,41-,42-,43-,44-,45-,46-,47+,48+,49-,50+,51-,52+,54+,55+/m0/s1. The van der Waals surface area contributed by atoms with Crippen LogP contribution in [-0.2, 0) is 71.2 Å². The number of aliphatic hydroxyl groups is 2. The molecular weight excluding hydrogens is 947 g/mol. The molecule has 1 aliphatic carbocycles. The summed E-state index contributed by atoms with van der Waals surface area (Å²) in [5.41, 5.74) is -0.236. The molecule has 1 spiro atoms. The Labute approximate surface area is 432 Å². The van der Waals surface area contributed by atoms with Crippen LogP contribution >= 0.6 is 0 Å². The molecule has 2 bridgehead atoms. The summed E-state index contributed by atoms with van der Waals surface area (Å²) in [6, 6.07) is -0.275. The van der Waals surface area contributed by atoms with Gasteiger partial charge in [0.1, 0.15) is 42.7 Å². The summed E-state index contributed by atoms with van der Waals surface area (Å²) in [5, 5.41) is 24.6. The summed E-state index contributed by atoms with van der Waals surface area (Å²) in [7, 11) is 6.62. The van der Waals surface area contributed by atoms with Crippen molar-refractivity contribution in [1.29, 1.82) is 0 Å². The van der Waals surface area contributed by atoms with E-state index in [2.05, 4.69) is 39.8 Å². The molecule has 0 unspecified atom stereocenters. The van der Waals surface area contributed by atoms with Gasteiger partial charge in [0.15, 0.2) is 18.4 Å². The number of hydrogen-bond donors (Lipinski definition) is 2. The average molecular weight is 1030 g/mol. The maximum atomic E-state index is 14.8. The Hall–Kier alpha value is -2.92. The lowest BCUT2D eigenvalue weighted by molar-refractivity contribution is -0.314. The minimum absolute atomic E-state index is 0.0413. The van der Waals surface area contributed by atoms with E-state index in [0.29, 0.717) is 50.0 Å². The molecule has 1 amide bonds. The van der Waals surface area contributed by atoms with Gasteiger partial charge in [0.2, 0.25) is 5.91 Å². The van der Waals surface area contributed by atoms with Crippen molar-refractivity contribution < 1.29 is 81.4 Å². The van der Waals surface area contributed by atoms with E-state index in [-0.39, 0.29) is 74.4 Å². The molecule has 73 heavy (non-hydrogen) atoms. The largest absolute Gasteiger partial charge is 0.462 e. The molecule has 412 valence electrons. The topological polar surface area (TPSA) is 198 Å². The number of esters is 1. The molecule has 20 atom stereocenters. The van der Waals surface area contributed by atoms with E-state index < -0.39 is 84.7 Å². The van der Waals surface area contributed by atoms with Gasteiger partial charge in [0.05, 0.1) is 75.2 Å². The first-order valence-corrected chi connectivity index (χ1v) is 26.4. The molecular formula is C55H85NO17. The van der Waals surface area contributed by atoms with Crippen LogP contribution in [0.2, 0.25) is 0 Å². The number of fused-ring (bicyclic) bond motifs is 2. The monoisotopic (exact) mass is 1030 g/mol. The van der Waals surface area contributed by atoms with Crippen LogP contribution in [0.3, 0.4) is 0 Å². The molecule has 0 aromatic heterocycles. The summed E-state index contributed by atoms with van der Waals surface area (Å²) in [6.45, 7) is 16.5. The fraction of sp³-hybridized carbons (Fsp3) is 0.782. The number of hydrogen-bond acceptors (Lipinski definition) is 17. The van der Waals surface area contributed by atoms with Crippen molar-refractivity contribution in [3.05, 3.63) is 59.3 Å². The first-order chi connectivity index (χ1) is 34.9. The van der Waals surface area contributed by atoms with Crippen molar-refractivity contribution >= 4 is 11.9 Å². The molecule has 4 saturated heterocycles. The summed E-state index contributed by atoms with van der Waals surface area (Å²) >= 11 is 0. The minimum Gasteiger partial charge on any atom is -0.462 e. The number of aliphatic hydroxyl groups excluding tert-OH is 1. The molecule has 0 radical (unpaired) electrons. The lowest BCUT2D eigenvalue weighted by Gasteiger charge is -2.48. The van der Waals surface area contributed by atoms with Crippen molar-refractivity contribution in [1.82, 2.24) is 4.90 Å². The third kappa shape index (κ3) is 13.1. The van der Waals surface area contributed by atoms with E-state index in [1.54, 1.807) is 45.4 Å². The van der Waals surface area contributed by atoms with E-state index in [1.807, 2.05) is 39.0 Å². The van der Waals surface area contributed by atoms with Crippen molar-refractivity contribution in [3.8, 4) is 0 Å². The Kier molecular flexibility index (Phi) is 20.2. The molecule has 2 N–H and O–H groups in total. The Bertz CT molecular complexity index is 2010. The van der Waals surface area contributed by atoms with Crippen LogP contribution in [0.4, 0.5) is 0 Å². The third-order valence-electron chi connectivity index (χ3n) is 16.2. The van der Waals surface area contributed by atoms with Gasteiger partial charge in [-0.1, -0.05) is 70.6 Å². The molecule has 6 heterocycles. The highest BCUT2D eigenvalue weighted by Gasteiger charge is 2.60. The van der Waals surface area contributed by atoms with Gasteiger partial charge in [-0.2, -0.15) is 0 Å². The van der Waals surface area contributed by atoms with Crippen LogP contribution in [0.25, 0.3) is 0 Å². The van der Waals surface area contributed by atoms with Crippen LogP contribution < -0.4 is 0 Å². The third-order valence-corrected chi connectivity index (χ3v) is 16.2. The fourth-order valence-corrected chi connectivity index (χ4v) is 11.8. The van der Waals surface area contributed by atoms with E-state index in [1.165, 1.54) is 6.92 Å². The van der Waals surface area contributed by atoms with Crippen molar-refractivity contribution in [3.63, 3.8) is 0 Å². The van der Waals surface area contributed by atoms with Gasteiger partial charge in [-0.05, 0) is 55.9 Å². The number of amides is 1. The SMILES string of the molecule is CC[C@H](C)[C@H]1O[C@]2(C=C[C@@H]1C)C[C@@H]1C[C@@H](C/C=C(\C)[C@@H](O[C@H]3C[C@H](OC)[C@@H](O[C@H]4C[C@H](OC)[C@H](N(C)C(C)=O)[C@H](C)O4)[C@H](C)O3)[C@@H](C)/C=C/C=C3\CO[C@@H]4[C@H](O)C(COCOCCOC)=C[C@@H](C(=O)O1)[C@]34O)O2. The highest BCUT2D eigenvalue weighted by Crippen LogP contribution is 2.47. The van der Waals surface area contributed by atoms with Gasteiger partial charge in [-0.3, -0.25) is 9.59 Å². The Balaban J connectivity index is 1.17. The number of likely N-dealkylation sites (N-methyl/N-ethyl adjacent to an activating group) is 1. The van der Waals surface area contributed by atoms with E-state index in [9.17, 15) is 19.8 Å². The van der Waals surface area contributed by atoms with Crippen LogP contribution in [0.1, 0.15) is 93.9 Å². The van der Waals surface area contributed by atoms with Gasteiger partial charge in [-0.25, -0.2) is 0 Å². The first-order valence-electron chi connectivity index (χ1n) is 26.4. The number of rotatable bonds is 16. The van der Waals surface area contributed by atoms with Crippen LogP contribution in [0.5, 0.6) is 0 Å². The number of allylic oxidation sites excluding steroid dienone is 2. The fourth-order valence-electron chi connectivity index (χ4n) is 11.8. The van der Waals surface area contributed by atoms with Crippen molar-refractivity contribution in [2.24, 2.45) is 23.7 Å². The minimum atomic E-state index is -1.95. The van der Waals surface area contributed by atoms with Gasteiger partial charge < -0.3 is 76.7 Å². The molecule has 0 saturated carbocycles. The first kappa shape index (κ1) is 57.8. The van der Waals surface area contributed by atoms with Gasteiger partial charge in [-0.15, -0.1) is 0 Å². The quantitative estimate of drug-likeness (QED) is 0.0852. The molecule has 18 heteroatoms. The van der Waals surface area contributed by atoms with Gasteiger partial charge >= 0.3 is 5.97 Å². The molecule has 18 nitrogen and oxygen atoms in total. The summed E-state index contributed by atoms with van der Waals surface area (Å²) in [6.07, 6.45) is 8.55. The maximum absolute atomic E-state index is 14.8. The molecule has 0 aromatic rings. The second-order valence-corrected chi connectivity index (χ2v) is 21.3. The molecule has 7 aliphatic rings. The van der Waals surface area contributed by atoms with E-state index in [4.69, 9.17) is 61.6 Å². The zero-order chi connectivity index (χ0) is 52.8. The average Bonchev–Trinajstić information content (AvgIpc) is 3.70. The summed E-state index contributed by atoms with van der Waals surface area (Å²) < 4.78 is 81.4. The summed E-state index contributed by atoms with van der Waals surface area (Å²) in [5.74, 6) is -3.03. The maximum Gasteiger partial charge on any atom is 0.316 e. The highest BCUT2D eigenvalue weighted by atomic mass is 16.7. The summed E-state index contributed by atoms with van der Waals surface area (Å²) in [4.78, 5) is 28.7. The van der Waals surface area contributed by atoms with Crippen molar-refractivity contribution in [2.75, 3.05) is 61.6 Å². The molecule has 6 aliphatic heterocycles. The zero-order valence-corrected chi connectivity index (χ0v) is 45.2. The number of carbonyl (C=O) groups excluding carboxylic acids is 2. The van der Waals surface area contributed by atoms with Crippen LogP contribution in [0, 0.1) is 23.7 Å². The van der Waals surface area contributed by atoms with Gasteiger partial charge in [0.25, 0.3) is 0 Å². The van der Waals surface area contributed by atoms with Crippen LogP contribution in [0.15, 0.2) is 59.3 Å². The second kappa shape index (κ2) is 25.5. The molecule has 4 fully saturated rings. The predicted octanol–water partition coefficient (Wildman–Crippen LogP) is 5.48. The van der Waals surface area contributed by atoms with Crippen molar-refractivity contribution in [2.45, 2.75) is 191 Å². The Morgan fingerprint density at radius 2 is 1.66 bits per heavy atom. The Morgan fingerprint density at radius 1 is 0.932 bits per heavy atom. The normalized spacial score (nSPS) is 43.5. The number of nitrogens with zero attached hydrogens (tertiary/aromatic N) is 1. The van der Waals surface area contributed by atoms with E-state index >= 15 is 0 Å². The molecule has 0 aromatic carbocycles. The number of methoxy groups -OCH3 is 3. The van der Waals surface area contributed by atoms with Gasteiger partial charge in [0, 0.05) is 72.8 Å². The smallest absolute Gasteiger partial charge is 0.316 e. The van der Waals surface area contributed by atoms with E-state index in [0.717, 1.165) is 12.0 Å². The number of carbonyl (C=O) groups is 2. The number of ether oxygens (including phenoxy) is 13. The zero-order valence-electron chi connectivity index (χ0n) is 45.2. The lowest BCUT2D eigenvalue weighted by Crippen LogP contribution is -2.59. The highest BCUT2D eigenvalue weighted by molar-refractivity contribution is 5.78. The Morgan fingerprint density at radius 3 is 2.37 bits per heavy atom. The lowest BCUT2D eigenvalue weighted by atomic mass is 9.70. The predicted molar refractivity (Wildman–Crippen MR) is 267 cm³/mol. The van der Waals surface area contributed by atoms with Crippen LogP contribution in [-0.4, -0.2) is 186 Å². The second-order valence-electron chi connectivity index (χ2n) is 21.3. The molecule has 7 rings (SSSR count).